The van der Waals surface area contributed by atoms with Crippen molar-refractivity contribution in [3.8, 4) is 0 Å². The van der Waals surface area contributed by atoms with Crippen LogP contribution in [0.3, 0.4) is 0 Å². The number of aromatic nitrogens is 3. The number of aliphatic hydroxyl groups excluding tert-OH is 1. The van der Waals surface area contributed by atoms with Crippen LogP contribution in [0.4, 0.5) is 0 Å². The Morgan fingerprint density at radius 1 is 1.42 bits per heavy atom. The third kappa shape index (κ3) is 2.63. The first-order chi connectivity index (χ1) is 9.06. The third-order valence-electron chi connectivity index (χ3n) is 3.66. The van der Waals surface area contributed by atoms with Crippen molar-refractivity contribution in [1.82, 2.24) is 15.0 Å². The van der Waals surface area contributed by atoms with E-state index in [1.807, 2.05) is 13.8 Å². The Bertz CT molecular complexity index is 456. The fraction of sp³-hybridized carbons (Fsp3) is 0.769. The van der Waals surface area contributed by atoms with Crippen molar-refractivity contribution in [2.45, 2.75) is 57.6 Å². The molecule has 106 valence electrons. The maximum Gasteiger partial charge on any atom is 0.360 e. The van der Waals surface area contributed by atoms with Gasteiger partial charge in [0.15, 0.2) is 5.69 Å². The molecule has 6 heteroatoms. The Balaban J connectivity index is 2.40. The fourth-order valence-corrected chi connectivity index (χ4v) is 2.70. The minimum Gasteiger partial charge on any atom is -0.464 e. The summed E-state index contributed by atoms with van der Waals surface area (Å²) < 4.78 is 6.46. The van der Waals surface area contributed by atoms with Crippen LogP contribution in [0, 0.1) is 0 Å². The lowest BCUT2D eigenvalue weighted by atomic mass is 9.92. The van der Waals surface area contributed by atoms with E-state index in [-0.39, 0.29) is 17.7 Å². The summed E-state index contributed by atoms with van der Waals surface area (Å²) in [5, 5.41) is 18.2. The standard InChI is InChI=1S/C13H21N3O3/c1-8(2)12-11(13(18)19-3)14-15-16(12)9-6-4-5-7-10(9)17/h8-10,17H,4-7H2,1-3H3. The zero-order chi connectivity index (χ0) is 14.0. The molecule has 1 heterocycles. The summed E-state index contributed by atoms with van der Waals surface area (Å²) >= 11 is 0. The van der Waals surface area contributed by atoms with Crippen molar-refractivity contribution >= 4 is 5.97 Å². The van der Waals surface area contributed by atoms with E-state index >= 15 is 0 Å². The molecule has 1 saturated carbocycles. The van der Waals surface area contributed by atoms with Gasteiger partial charge in [0.1, 0.15) is 0 Å². The van der Waals surface area contributed by atoms with Crippen LogP contribution in [0.15, 0.2) is 0 Å². The van der Waals surface area contributed by atoms with Gasteiger partial charge in [-0.3, -0.25) is 0 Å². The number of methoxy groups -OCH3 is 1. The van der Waals surface area contributed by atoms with E-state index in [0.717, 1.165) is 31.4 Å². The van der Waals surface area contributed by atoms with Crippen LogP contribution in [-0.4, -0.2) is 39.3 Å². The van der Waals surface area contributed by atoms with Crippen LogP contribution in [0.5, 0.6) is 0 Å². The number of aliphatic hydroxyl groups is 1. The van der Waals surface area contributed by atoms with E-state index in [0.29, 0.717) is 0 Å². The molecule has 1 aliphatic carbocycles. The third-order valence-corrected chi connectivity index (χ3v) is 3.66. The summed E-state index contributed by atoms with van der Waals surface area (Å²) in [7, 11) is 1.33. The quantitative estimate of drug-likeness (QED) is 0.843. The number of hydrogen-bond donors (Lipinski definition) is 1. The summed E-state index contributed by atoms with van der Waals surface area (Å²) in [5.41, 5.74) is 1.01. The Labute approximate surface area is 112 Å². The molecule has 1 aromatic heterocycles. The van der Waals surface area contributed by atoms with Crippen molar-refractivity contribution in [2.75, 3.05) is 7.11 Å². The molecule has 6 nitrogen and oxygen atoms in total. The average Bonchev–Trinajstić information content (AvgIpc) is 2.83. The minimum absolute atomic E-state index is 0.0861. The maximum atomic E-state index is 11.7. The van der Waals surface area contributed by atoms with Gasteiger partial charge < -0.3 is 9.84 Å². The highest BCUT2D eigenvalue weighted by atomic mass is 16.5. The Morgan fingerprint density at radius 2 is 2.11 bits per heavy atom. The van der Waals surface area contributed by atoms with Gasteiger partial charge in [0.2, 0.25) is 0 Å². The second kappa shape index (κ2) is 5.69. The van der Waals surface area contributed by atoms with E-state index in [1.54, 1.807) is 4.68 Å². The molecule has 0 spiro atoms. The highest BCUT2D eigenvalue weighted by Crippen LogP contribution is 2.31. The number of rotatable bonds is 3. The van der Waals surface area contributed by atoms with Gasteiger partial charge in [-0.15, -0.1) is 5.10 Å². The summed E-state index contributed by atoms with van der Waals surface area (Å²) in [4.78, 5) is 11.7. The van der Waals surface area contributed by atoms with Crippen LogP contribution >= 0.6 is 0 Å². The van der Waals surface area contributed by atoms with E-state index in [9.17, 15) is 9.90 Å². The van der Waals surface area contributed by atoms with Crippen molar-refractivity contribution in [3.05, 3.63) is 11.4 Å². The maximum absolute atomic E-state index is 11.7. The van der Waals surface area contributed by atoms with Crippen LogP contribution in [0.1, 0.15) is 67.7 Å². The molecule has 19 heavy (non-hydrogen) atoms. The van der Waals surface area contributed by atoms with E-state index in [1.165, 1.54) is 7.11 Å². The van der Waals surface area contributed by atoms with E-state index in [2.05, 4.69) is 10.3 Å². The lowest BCUT2D eigenvalue weighted by Gasteiger charge is -2.29. The number of esters is 1. The van der Waals surface area contributed by atoms with Crippen molar-refractivity contribution < 1.29 is 14.6 Å². The first-order valence-corrected chi connectivity index (χ1v) is 6.77. The number of carbonyl (C=O) groups is 1. The fourth-order valence-electron chi connectivity index (χ4n) is 2.70. The molecule has 1 aliphatic rings. The second-order valence-electron chi connectivity index (χ2n) is 5.33. The average molecular weight is 267 g/mol. The second-order valence-corrected chi connectivity index (χ2v) is 5.33. The Kier molecular flexibility index (Phi) is 4.19. The normalized spacial score (nSPS) is 23.6. The van der Waals surface area contributed by atoms with Gasteiger partial charge in [-0.05, 0) is 18.8 Å². The van der Waals surface area contributed by atoms with Gasteiger partial charge in [0, 0.05) is 0 Å². The molecule has 1 N–H and O–H groups in total. The molecule has 0 amide bonds. The molecule has 0 radical (unpaired) electrons. The van der Waals surface area contributed by atoms with Crippen LogP contribution in [0.25, 0.3) is 0 Å². The number of ether oxygens (including phenoxy) is 1. The SMILES string of the molecule is COC(=O)c1nnn(C2CCCCC2O)c1C(C)C. The number of carbonyl (C=O) groups excluding carboxylic acids is 1. The van der Waals surface area contributed by atoms with Crippen LogP contribution in [0.2, 0.25) is 0 Å². The van der Waals surface area contributed by atoms with Gasteiger partial charge in [-0.25, -0.2) is 9.48 Å². The van der Waals surface area contributed by atoms with Gasteiger partial charge in [0.05, 0.1) is 24.9 Å². The highest BCUT2D eigenvalue weighted by molar-refractivity contribution is 5.88. The molecule has 0 aliphatic heterocycles. The summed E-state index contributed by atoms with van der Waals surface area (Å²) in [6.07, 6.45) is 3.32. The predicted octanol–water partition coefficient (Wildman–Crippen LogP) is 1.66. The summed E-state index contributed by atoms with van der Waals surface area (Å²) in [6, 6.07) is -0.0861. The number of hydrogen-bond acceptors (Lipinski definition) is 5. The minimum atomic E-state index is -0.472. The lowest BCUT2D eigenvalue weighted by molar-refractivity contribution is 0.0587. The molecular formula is C13H21N3O3. The molecule has 0 bridgehead atoms. The predicted molar refractivity (Wildman–Crippen MR) is 69.0 cm³/mol. The van der Waals surface area contributed by atoms with Crippen molar-refractivity contribution in [1.29, 1.82) is 0 Å². The van der Waals surface area contributed by atoms with Gasteiger partial charge in [-0.1, -0.05) is 31.9 Å². The molecular weight excluding hydrogens is 246 g/mol. The molecule has 0 saturated heterocycles. The molecule has 1 aromatic rings. The van der Waals surface area contributed by atoms with Crippen LogP contribution in [-0.2, 0) is 4.74 Å². The molecule has 2 rings (SSSR count). The van der Waals surface area contributed by atoms with E-state index < -0.39 is 12.1 Å². The lowest BCUT2D eigenvalue weighted by Crippen LogP contribution is -2.30. The smallest absolute Gasteiger partial charge is 0.360 e. The monoisotopic (exact) mass is 267 g/mol. The molecule has 2 unspecified atom stereocenters. The number of nitrogens with zero attached hydrogens (tertiary/aromatic N) is 3. The Hall–Kier alpha value is -1.43. The first-order valence-electron chi connectivity index (χ1n) is 6.77. The zero-order valence-electron chi connectivity index (χ0n) is 11.7. The zero-order valence-corrected chi connectivity index (χ0v) is 11.7. The van der Waals surface area contributed by atoms with Gasteiger partial charge in [-0.2, -0.15) is 0 Å². The Morgan fingerprint density at radius 3 is 2.68 bits per heavy atom. The van der Waals surface area contributed by atoms with Gasteiger partial charge in [0.25, 0.3) is 0 Å². The summed E-state index contributed by atoms with van der Waals surface area (Å²) in [5.74, 6) is -0.376. The molecule has 2 atom stereocenters. The van der Waals surface area contributed by atoms with E-state index in [4.69, 9.17) is 4.74 Å². The molecule has 0 aromatic carbocycles. The summed E-state index contributed by atoms with van der Waals surface area (Å²) in [6.45, 7) is 3.97. The van der Waals surface area contributed by atoms with Crippen molar-refractivity contribution in [2.24, 2.45) is 0 Å². The molecule has 1 fully saturated rings. The van der Waals surface area contributed by atoms with Crippen molar-refractivity contribution in [3.63, 3.8) is 0 Å². The topological polar surface area (TPSA) is 77.2 Å². The largest absolute Gasteiger partial charge is 0.464 e. The highest BCUT2D eigenvalue weighted by Gasteiger charge is 2.31. The van der Waals surface area contributed by atoms with Gasteiger partial charge >= 0.3 is 5.97 Å². The van der Waals surface area contributed by atoms with Crippen LogP contribution < -0.4 is 0 Å². The first kappa shape index (κ1) is 14.0.